The summed E-state index contributed by atoms with van der Waals surface area (Å²) < 4.78 is 12.7. The molecule has 3 aromatic rings. The molecule has 0 unspecified atom stereocenters. The third kappa shape index (κ3) is 2.35. The van der Waals surface area contributed by atoms with E-state index in [0.29, 0.717) is 11.3 Å². The summed E-state index contributed by atoms with van der Waals surface area (Å²) in [6, 6.07) is 7.91. The SMILES string of the molecule is Cc1nc2ccc(NC(=O)c3ccc(F)nc3)cc2[nH]1. The Labute approximate surface area is 113 Å². The van der Waals surface area contributed by atoms with Crippen LogP contribution < -0.4 is 5.32 Å². The van der Waals surface area contributed by atoms with Crippen molar-refractivity contribution in [3.05, 3.63) is 53.9 Å². The normalized spacial score (nSPS) is 10.7. The molecule has 2 N–H and O–H groups in total. The van der Waals surface area contributed by atoms with Gasteiger partial charge in [-0.25, -0.2) is 9.97 Å². The minimum absolute atomic E-state index is 0.298. The Morgan fingerprint density at radius 2 is 2.15 bits per heavy atom. The fourth-order valence-electron chi connectivity index (χ4n) is 1.93. The largest absolute Gasteiger partial charge is 0.342 e. The zero-order valence-electron chi connectivity index (χ0n) is 10.6. The number of hydrogen-bond acceptors (Lipinski definition) is 3. The molecule has 1 amide bonds. The van der Waals surface area contributed by atoms with Crippen molar-refractivity contribution in [2.24, 2.45) is 0 Å². The first-order valence-electron chi connectivity index (χ1n) is 6.01. The van der Waals surface area contributed by atoms with Gasteiger partial charge in [0.25, 0.3) is 5.91 Å². The summed E-state index contributed by atoms with van der Waals surface area (Å²) in [6.45, 7) is 1.86. The molecule has 0 fully saturated rings. The van der Waals surface area contributed by atoms with Crippen LogP contribution in [0.25, 0.3) is 11.0 Å². The number of halogens is 1. The van der Waals surface area contributed by atoms with Crippen molar-refractivity contribution in [3.8, 4) is 0 Å². The predicted octanol–water partition coefficient (Wildman–Crippen LogP) is 2.66. The molecular weight excluding hydrogens is 259 g/mol. The van der Waals surface area contributed by atoms with E-state index in [1.807, 2.05) is 13.0 Å². The Balaban J connectivity index is 1.84. The second-order valence-corrected chi connectivity index (χ2v) is 4.38. The molecule has 5 nitrogen and oxygen atoms in total. The Morgan fingerprint density at radius 3 is 2.90 bits per heavy atom. The highest BCUT2D eigenvalue weighted by atomic mass is 19.1. The van der Waals surface area contributed by atoms with Gasteiger partial charge in [-0.2, -0.15) is 4.39 Å². The molecule has 2 aromatic heterocycles. The van der Waals surface area contributed by atoms with E-state index in [0.717, 1.165) is 22.9 Å². The summed E-state index contributed by atoms with van der Waals surface area (Å²) in [4.78, 5) is 22.8. The van der Waals surface area contributed by atoms with Gasteiger partial charge in [-0.3, -0.25) is 4.79 Å². The van der Waals surface area contributed by atoms with Gasteiger partial charge >= 0.3 is 0 Å². The Kier molecular flexibility index (Phi) is 2.90. The summed E-state index contributed by atoms with van der Waals surface area (Å²) in [5, 5.41) is 2.73. The summed E-state index contributed by atoms with van der Waals surface area (Å²) in [5.74, 6) is -0.143. The van der Waals surface area contributed by atoms with Crippen molar-refractivity contribution < 1.29 is 9.18 Å². The van der Waals surface area contributed by atoms with E-state index >= 15 is 0 Å². The van der Waals surface area contributed by atoms with Crippen molar-refractivity contribution in [1.29, 1.82) is 0 Å². The highest BCUT2D eigenvalue weighted by Crippen LogP contribution is 2.17. The van der Waals surface area contributed by atoms with Gasteiger partial charge in [0.05, 0.1) is 16.6 Å². The summed E-state index contributed by atoms with van der Waals surface area (Å²) >= 11 is 0. The number of nitrogens with zero attached hydrogens (tertiary/aromatic N) is 2. The fourth-order valence-corrected chi connectivity index (χ4v) is 1.93. The average Bonchev–Trinajstić information content (AvgIpc) is 2.78. The number of pyridine rings is 1. The first-order chi connectivity index (χ1) is 9.61. The van der Waals surface area contributed by atoms with Crippen LogP contribution in [0.15, 0.2) is 36.5 Å². The molecule has 0 spiro atoms. The van der Waals surface area contributed by atoms with Crippen LogP contribution in [0.4, 0.5) is 10.1 Å². The number of H-pyrrole nitrogens is 1. The van der Waals surface area contributed by atoms with E-state index in [1.165, 1.54) is 12.3 Å². The number of benzene rings is 1. The van der Waals surface area contributed by atoms with E-state index in [4.69, 9.17) is 0 Å². The molecule has 0 saturated carbocycles. The van der Waals surface area contributed by atoms with Crippen LogP contribution in [-0.4, -0.2) is 20.9 Å². The number of aromatic nitrogens is 3. The summed E-state index contributed by atoms with van der Waals surface area (Å²) in [7, 11) is 0. The number of carbonyl (C=O) groups is 1. The van der Waals surface area contributed by atoms with Crippen molar-refractivity contribution in [2.75, 3.05) is 5.32 Å². The average molecular weight is 270 g/mol. The van der Waals surface area contributed by atoms with E-state index in [2.05, 4.69) is 20.3 Å². The number of rotatable bonds is 2. The monoisotopic (exact) mass is 270 g/mol. The number of aromatic amines is 1. The van der Waals surface area contributed by atoms with Crippen molar-refractivity contribution in [3.63, 3.8) is 0 Å². The molecule has 0 aliphatic rings. The molecule has 0 aliphatic heterocycles. The molecule has 100 valence electrons. The van der Waals surface area contributed by atoms with Crippen molar-refractivity contribution in [1.82, 2.24) is 15.0 Å². The third-order valence-electron chi connectivity index (χ3n) is 2.85. The standard InChI is InChI=1S/C14H11FN4O/c1-8-17-11-4-3-10(6-12(11)18-8)19-14(20)9-2-5-13(15)16-7-9/h2-7H,1H3,(H,17,18)(H,19,20). The maximum atomic E-state index is 12.7. The van der Waals surface area contributed by atoms with Gasteiger partial charge in [0.15, 0.2) is 0 Å². The zero-order chi connectivity index (χ0) is 14.1. The van der Waals surface area contributed by atoms with Crippen LogP contribution in [0, 0.1) is 12.9 Å². The lowest BCUT2D eigenvalue weighted by molar-refractivity contribution is 0.102. The maximum Gasteiger partial charge on any atom is 0.257 e. The number of hydrogen-bond donors (Lipinski definition) is 2. The second kappa shape index (κ2) is 4.73. The van der Waals surface area contributed by atoms with E-state index in [1.54, 1.807) is 12.1 Å². The Hall–Kier alpha value is -2.76. The van der Waals surface area contributed by atoms with Crippen molar-refractivity contribution >= 4 is 22.6 Å². The number of carbonyl (C=O) groups excluding carboxylic acids is 1. The lowest BCUT2D eigenvalue weighted by atomic mass is 10.2. The fraction of sp³-hybridized carbons (Fsp3) is 0.0714. The van der Waals surface area contributed by atoms with E-state index < -0.39 is 5.95 Å². The molecule has 20 heavy (non-hydrogen) atoms. The topological polar surface area (TPSA) is 70.7 Å². The number of aryl methyl sites for hydroxylation is 1. The van der Waals surface area contributed by atoms with E-state index in [9.17, 15) is 9.18 Å². The minimum atomic E-state index is -0.615. The minimum Gasteiger partial charge on any atom is -0.342 e. The number of anilines is 1. The highest BCUT2D eigenvalue weighted by Gasteiger charge is 2.08. The van der Waals surface area contributed by atoms with Gasteiger partial charge < -0.3 is 10.3 Å². The number of amides is 1. The molecule has 0 saturated heterocycles. The lowest BCUT2D eigenvalue weighted by Gasteiger charge is -2.04. The van der Waals surface area contributed by atoms with Crippen LogP contribution in [0.2, 0.25) is 0 Å². The molecular formula is C14H11FN4O. The van der Waals surface area contributed by atoms with Gasteiger partial charge in [-0.1, -0.05) is 0 Å². The second-order valence-electron chi connectivity index (χ2n) is 4.38. The maximum absolute atomic E-state index is 12.7. The van der Waals surface area contributed by atoms with E-state index in [-0.39, 0.29) is 5.91 Å². The van der Waals surface area contributed by atoms with Crippen LogP contribution in [0.5, 0.6) is 0 Å². The van der Waals surface area contributed by atoms with Gasteiger partial charge in [-0.15, -0.1) is 0 Å². The molecule has 2 heterocycles. The van der Waals surface area contributed by atoms with Crippen LogP contribution in [-0.2, 0) is 0 Å². The van der Waals surface area contributed by atoms with Gasteiger partial charge in [0, 0.05) is 11.9 Å². The van der Waals surface area contributed by atoms with Crippen LogP contribution in [0.3, 0.4) is 0 Å². The zero-order valence-corrected chi connectivity index (χ0v) is 10.6. The molecule has 0 atom stereocenters. The van der Waals surface area contributed by atoms with Gasteiger partial charge in [-0.05, 0) is 37.3 Å². The summed E-state index contributed by atoms with van der Waals surface area (Å²) in [5.41, 5.74) is 2.62. The van der Waals surface area contributed by atoms with Gasteiger partial charge in [0.2, 0.25) is 5.95 Å². The predicted molar refractivity (Wildman–Crippen MR) is 73.0 cm³/mol. The van der Waals surface area contributed by atoms with Crippen LogP contribution in [0.1, 0.15) is 16.2 Å². The summed E-state index contributed by atoms with van der Waals surface area (Å²) in [6.07, 6.45) is 1.20. The van der Waals surface area contributed by atoms with Crippen LogP contribution >= 0.6 is 0 Å². The smallest absolute Gasteiger partial charge is 0.257 e. The molecule has 3 rings (SSSR count). The number of imidazole rings is 1. The highest BCUT2D eigenvalue weighted by molar-refractivity contribution is 6.04. The first kappa shape index (κ1) is 12.3. The molecule has 0 radical (unpaired) electrons. The molecule has 1 aromatic carbocycles. The number of fused-ring (bicyclic) bond motifs is 1. The third-order valence-corrected chi connectivity index (χ3v) is 2.85. The molecule has 0 aliphatic carbocycles. The Morgan fingerprint density at radius 1 is 1.30 bits per heavy atom. The number of nitrogens with one attached hydrogen (secondary N) is 2. The molecule has 6 heteroatoms. The lowest BCUT2D eigenvalue weighted by Crippen LogP contribution is -2.12. The van der Waals surface area contributed by atoms with Gasteiger partial charge in [0.1, 0.15) is 5.82 Å². The molecule has 0 bridgehead atoms. The van der Waals surface area contributed by atoms with Crippen molar-refractivity contribution in [2.45, 2.75) is 6.92 Å². The quantitative estimate of drug-likeness (QED) is 0.703. The Bertz CT molecular complexity index is 779. The first-order valence-corrected chi connectivity index (χ1v) is 6.01.